The van der Waals surface area contributed by atoms with Gasteiger partial charge in [0.15, 0.2) is 0 Å². The zero-order valence-corrected chi connectivity index (χ0v) is 75.0. The maximum atomic E-state index is 14.5. The zero-order valence-electron chi connectivity index (χ0n) is 75.0. The van der Waals surface area contributed by atoms with Crippen LogP contribution in [0, 0.1) is 83.1 Å². The Balaban J connectivity index is 0.636. The predicted molar refractivity (Wildman–Crippen MR) is 513 cm³/mol. The van der Waals surface area contributed by atoms with Crippen molar-refractivity contribution in [2.45, 2.75) is 153 Å². The molecule has 0 amide bonds. The van der Waals surface area contributed by atoms with E-state index >= 15 is 0 Å². The Morgan fingerprint density at radius 2 is 0.448 bits per heavy atom. The van der Waals surface area contributed by atoms with E-state index in [-0.39, 0.29) is 16.2 Å². The van der Waals surface area contributed by atoms with Crippen LogP contribution in [-0.2, 0) is 21.7 Å². The molecule has 0 saturated heterocycles. The molecule has 0 aromatic heterocycles. The summed E-state index contributed by atoms with van der Waals surface area (Å²) in [4.78, 5) is 50.5. The molecule has 3 aliphatic rings. The molecule has 9 heteroatoms. The molecule has 0 fully saturated rings. The number of carbonyl (C=O) groups excluding carboxylic acids is 3. The molecule has 0 saturated carbocycles. The summed E-state index contributed by atoms with van der Waals surface area (Å²) in [6.07, 6.45) is 0. The van der Waals surface area contributed by atoms with E-state index in [9.17, 15) is 14.4 Å². The van der Waals surface area contributed by atoms with Crippen LogP contribution in [-0.4, -0.2) is 17.9 Å². The van der Waals surface area contributed by atoms with Gasteiger partial charge in [0.25, 0.3) is 0 Å². The van der Waals surface area contributed by atoms with Crippen LogP contribution in [0.15, 0.2) is 291 Å². The number of aryl methyl sites for hydroxylation is 6. The highest BCUT2D eigenvalue weighted by molar-refractivity contribution is 5.97. The molecule has 125 heavy (non-hydrogen) atoms. The third kappa shape index (κ3) is 13.9. The summed E-state index contributed by atoms with van der Waals surface area (Å²) >= 11 is 0. The predicted octanol–water partition coefficient (Wildman–Crippen LogP) is 29.7. The lowest BCUT2D eigenvalue weighted by Crippen LogP contribution is -2.25. The zero-order chi connectivity index (χ0) is 87.8. The van der Waals surface area contributed by atoms with Crippen molar-refractivity contribution in [3.8, 4) is 50.6 Å². The first-order valence-corrected chi connectivity index (χ1v) is 43.5. The van der Waals surface area contributed by atoms with E-state index in [1.54, 1.807) is 0 Å². The van der Waals surface area contributed by atoms with E-state index in [1.165, 1.54) is 134 Å². The Morgan fingerprint density at radius 3 is 0.680 bits per heavy atom. The molecule has 15 aromatic rings. The summed E-state index contributed by atoms with van der Waals surface area (Å²) in [5.41, 5.74) is 41.1. The average molecular weight is 1640 g/mol. The Kier molecular flexibility index (Phi) is 20.5. The van der Waals surface area contributed by atoms with E-state index in [0.29, 0.717) is 33.9 Å². The normalized spacial score (nSPS) is 13.4. The molecule has 15 aromatic carbocycles. The lowest BCUT2D eigenvalue weighted by atomic mass is 9.71. The van der Waals surface area contributed by atoms with Crippen molar-refractivity contribution in [2.24, 2.45) is 0 Å². The van der Waals surface area contributed by atoms with Gasteiger partial charge < -0.3 is 28.9 Å². The maximum Gasteiger partial charge on any atom is 0.343 e. The van der Waals surface area contributed by atoms with Gasteiger partial charge in [0.2, 0.25) is 0 Å². The number of anilines is 9. The van der Waals surface area contributed by atoms with Crippen molar-refractivity contribution < 1.29 is 28.6 Å². The minimum Gasteiger partial charge on any atom is -0.423 e. The molecule has 620 valence electrons. The fourth-order valence-corrected chi connectivity index (χ4v) is 20.1. The Hall–Kier alpha value is -13.9. The van der Waals surface area contributed by atoms with Gasteiger partial charge in [-0.15, -0.1) is 0 Å². The van der Waals surface area contributed by atoms with E-state index in [1.807, 2.05) is 146 Å². The third-order valence-electron chi connectivity index (χ3n) is 28.1. The van der Waals surface area contributed by atoms with Gasteiger partial charge in [-0.05, 0) is 386 Å². The SMILES string of the molecule is Cc1cc(C)c(C)c(N(c2ccc(C(=O)Oc3ccc(C(C)(c4ccc(OC(=O)c5ccc(N(c6ccc7c(c6)C(C)(C)c6ccccc6-7)c6c(C)c(C)cc(C)c6C)cc5)cc4)c4ccc(OC(=O)c5ccc(N(c6ccc7c(c6)C(C)(C)c6ccccc6-7)c6c(C)c(C)cc(C)c6C)cc5)cc4)cc3)cc2)c2ccc3c(c2)C(C)(C)c2ccccc2-3)c1C. The number of hydrogen-bond donors (Lipinski definition) is 0. The number of ether oxygens (including phenoxy) is 3. The number of fused-ring (bicyclic) bond motifs is 9. The van der Waals surface area contributed by atoms with E-state index in [0.717, 1.165) is 67.9 Å². The van der Waals surface area contributed by atoms with Gasteiger partial charge in [-0.25, -0.2) is 14.4 Å². The molecule has 0 atom stereocenters. The van der Waals surface area contributed by atoms with Crippen LogP contribution in [0.5, 0.6) is 17.2 Å². The smallest absolute Gasteiger partial charge is 0.343 e. The van der Waals surface area contributed by atoms with Crippen LogP contribution < -0.4 is 28.9 Å². The van der Waals surface area contributed by atoms with Gasteiger partial charge in [-0.3, -0.25) is 0 Å². The molecule has 0 spiro atoms. The minimum absolute atomic E-state index is 0.209. The number of rotatable bonds is 18. The van der Waals surface area contributed by atoms with E-state index in [4.69, 9.17) is 14.2 Å². The summed E-state index contributed by atoms with van der Waals surface area (Å²) in [6, 6.07) is 99.4. The molecule has 0 N–H and O–H groups in total. The highest BCUT2D eigenvalue weighted by atomic mass is 16.5. The van der Waals surface area contributed by atoms with Crippen molar-refractivity contribution in [1.82, 2.24) is 0 Å². The Bertz CT molecular complexity index is 6170. The Morgan fingerprint density at radius 1 is 0.240 bits per heavy atom. The van der Waals surface area contributed by atoms with Crippen LogP contribution in [0.25, 0.3) is 33.4 Å². The third-order valence-corrected chi connectivity index (χ3v) is 28.1. The van der Waals surface area contributed by atoms with Crippen molar-refractivity contribution in [3.63, 3.8) is 0 Å². The quantitative estimate of drug-likeness (QED) is 0.0473. The number of nitrogens with zero attached hydrogens (tertiary/aromatic N) is 3. The topological polar surface area (TPSA) is 88.6 Å². The number of esters is 3. The molecule has 0 unspecified atom stereocenters. The van der Waals surface area contributed by atoms with Crippen LogP contribution in [0.3, 0.4) is 0 Å². The highest BCUT2D eigenvalue weighted by Gasteiger charge is 2.41. The van der Waals surface area contributed by atoms with E-state index < -0.39 is 23.3 Å². The molecule has 0 radical (unpaired) electrons. The minimum atomic E-state index is -0.889. The fourth-order valence-electron chi connectivity index (χ4n) is 20.1. The van der Waals surface area contributed by atoms with Gasteiger partial charge in [0.1, 0.15) is 17.2 Å². The molecule has 0 bridgehead atoms. The molecular weight excluding hydrogens is 1530 g/mol. The molecular formula is C116H105N3O6. The second kappa shape index (κ2) is 31.2. The van der Waals surface area contributed by atoms with Gasteiger partial charge >= 0.3 is 17.9 Å². The highest BCUT2D eigenvalue weighted by Crippen LogP contribution is 2.56. The van der Waals surface area contributed by atoms with Gasteiger partial charge in [-0.2, -0.15) is 0 Å². The summed E-state index contributed by atoms with van der Waals surface area (Å²) in [6.45, 7) is 42.2. The summed E-state index contributed by atoms with van der Waals surface area (Å²) in [5.74, 6) is -0.398. The lowest BCUT2D eigenvalue weighted by molar-refractivity contribution is 0.0725. The van der Waals surface area contributed by atoms with Crippen LogP contribution in [0.1, 0.15) is 196 Å². The van der Waals surface area contributed by atoms with Crippen LogP contribution in [0.4, 0.5) is 51.2 Å². The van der Waals surface area contributed by atoms with Gasteiger partial charge in [0, 0.05) is 55.8 Å². The monoisotopic (exact) mass is 1640 g/mol. The molecule has 9 nitrogen and oxygen atoms in total. The maximum absolute atomic E-state index is 14.5. The molecule has 3 aliphatic carbocycles. The van der Waals surface area contributed by atoms with E-state index in [2.05, 4.69) is 292 Å². The summed E-state index contributed by atoms with van der Waals surface area (Å²) < 4.78 is 18.8. The molecule has 0 heterocycles. The average Bonchev–Trinajstić information content (AvgIpc) is 1.59. The first-order chi connectivity index (χ1) is 59.8. The summed E-state index contributed by atoms with van der Waals surface area (Å²) in [5, 5.41) is 0. The number of hydrogen-bond acceptors (Lipinski definition) is 9. The van der Waals surface area contributed by atoms with Gasteiger partial charge in [0.05, 0.1) is 33.8 Å². The van der Waals surface area contributed by atoms with Crippen LogP contribution >= 0.6 is 0 Å². The first kappa shape index (κ1) is 82.1. The first-order valence-electron chi connectivity index (χ1n) is 43.5. The van der Waals surface area contributed by atoms with Crippen molar-refractivity contribution >= 4 is 69.1 Å². The van der Waals surface area contributed by atoms with Crippen LogP contribution in [0.2, 0.25) is 0 Å². The molecule has 18 rings (SSSR count). The fraction of sp³-hybridized carbons (Fsp3) is 0.198. The number of benzene rings is 15. The standard InChI is InChI=1S/C116H105N3O6/c1-68-62-69(2)75(8)107(74(68)7)117(89-50-59-98-95-26-20-23-29-101(95)113(13,14)104(98)65-89)86-44-32-80(33-45-86)110(120)123-92-53-38-83(39-54-92)116(19,84-40-55-93(56-41-84)124-111(121)81-34-46-87(47-35-81)118(108-76(9)70(3)63-71(4)77(108)10)90-51-60-99-96-27-21-24-30-102(96)114(15,16)105(99)66-90)85-42-57-94(58-43-85)125-112(122)82-36-48-88(49-37-82)119(109-78(11)72(5)64-73(6)79(109)12)91-52-61-100-97-28-22-25-31-103(97)115(17,18)106(100)67-91/h20-67H,1-19H3. The number of carbonyl (C=O) groups is 3. The second-order valence-electron chi connectivity index (χ2n) is 36.5. The summed E-state index contributed by atoms with van der Waals surface area (Å²) in [7, 11) is 0. The van der Waals surface area contributed by atoms with Gasteiger partial charge in [-0.1, -0.05) is 187 Å². The largest absolute Gasteiger partial charge is 0.423 e. The second-order valence-corrected chi connectivity index (χ2v) is 36.5. The van der Waals surface area contributed by atoms with Crippen molar-refractivity contribution in [1.29, 1.82) is 0 Å². The molecule has 0 aliphatic heterocycles. The Labute approximate surface area is 736 Å². The van der Waals surface area contributed by atoms with Crippen molar-refractivity contribution in [3.05, 3.63) is 425 Å². The lowest BCUT2D eigenvalue weighted by Gasteiger charge is -2.32. The van der Waals surface area contributed by atoms with Crippen molar-refractivity contribution in [2.75, 3.05) is 14.7 Å².